The van der Waals surface area contributed by atoms with E-state index in [1.807, 2.05) is 0 Å². The zero-order chi connectivity index (χ0) is 25.6. The first kappa shape index (κ1) is 26.4. The minimum absolute atomic E-state index is 0.0963. The van der Waals surface area contributed by atoms with Crippen molar-refractivity contribution in [3.63, 3.8) is 0 Å². The normalized spacial score (nSPS) is 27.4. The van der Waals surface area contributed by atoms with E-state index in [2.05, 4.69) is 50.2 Å². The molecule has 8 nitrogen and oxygen atoms in total. The van der Waals surface area contributed by atoms with E-state index in [9.17, 15) is 4.79 Å². The summed E-state index contributed by atoms with van der Waals surface area (Å²) in [5, 5.41) is 6.34. The van der Waals surface area contributed by atoms with Crippen LogP contribution in [0.2, 0.25) is 0 Å². The molecule has 0 spiro atoms. The maximum absolute atomic E-state index is 12.8. The molecule has 1 amide bonds. The highest BCUT2D eigenvalue weighted by Crippen LogP contribution is 2.42. The average molecular weight is 508 g/mol. The Balaban J connectivity index is 1.23. The van der Waals surface area contributed by atoms with Crippen molar-refractivity contribution in [1.82, 2.24) is 30.4 Å². The number of piperidine rings is 1. The van der Waals surface area contributed by atoms with Crippen LogP contribution in [0.15, 0.2) is 6.07 Å². The summed E-state index contributed by atoms with van der Waals surface area (Å²) in [4.78, 5) is 29.9. The summed E-state index contributed by atoms with van der Waals surface area (Å²) in [5.74, 6) is 9.61. The summed E-state index contributed by atoms with van der Waals surface area (Å²) >= 11 is 0. The molecular weight excluding hydrogens is 462 g/mol. The molecule has 1 aliphatic carbocycles. The van der Waals surface area contributed by atoms with Crippen molar-refractivity contribution in [3.8, 4) is 11.8 Å². The second-order valence-corrected chi connectivity index (χ2v) is 11.4. The number of nitrogens with zero attached hydrogens (tertiary/aromatic N) is 5. The summed E-state index contributed by atoms with van der Waals surface area (Å²) in [6.45, 7) is 11.0. The third-order valence-electron chi connectivity index (χ3n) is 8.97. The number of nitrogens with one attached hydrogen (secondary N) is 2. The fourth-order valence-electron chi connectivity index (χ4n) is 6.86. The molecule has 3 atom stereocenters. The number of piperazine rings is 1. The molecule has 0 aromatic carbocycles. The van der Waals surface area contributed by atoms with Crippen LogP contribution in [0.5, 0.6) is 0 Å². The predicted molar refractivity (Wildman–Crippen MR) is 147 cm³/mol. The zero-order valence-corrected chi connectivity index (χ0v) is 22.8. The maximum Gasteiger partial charge on any atom is 0.242 e. The van der Waals surface area contributed by atoms with Gasteiger partial charge in [0.15, 0.2) is 0 Å². The van der Waals surface area contributed by atoms with Gasteiger partial charge in [0, 0.05) is 57.6 Å². The van der Waals surface area contributed by atoms with Crippen LogP contribution in [0.3, 0.4) is 0 Å². The fourth-order valence-corrected chi connectivity index (χ4v) is 6.86. The number of amides is 1. The van der Waals surface area contributed by atoms with Crippen LogP contribution in [0.1, 0.15) is 63.4 Å². The first-order valence-corrected chi connectivity index (χ1v) is 14.7. The Morgan fingerprint density at radius 3 is 2.62 bits per heavy atom. The Morgan fingerprint density at radius 2 is 1.86 bits per heavy atom. The van der Waals surface area contributed by atoms with E-state index in [0.29, 0.717) is 17.8 Å². The van der Waals surface area contributed by atoms with Gasteiger partial charge in [0.2, 0.25) is 11.7 Å². The van der Waals surface area contributed by atoms with E-state index in [4.69, 9.17) is 9.97 Å². The molecule has 8 heteroatoms. The van der Waals surface area contributed by atoms with E-state index >= 15 is 0 Å². The second kappa shape index (κ2) is 12.6. The van der Waals surface area contributed by atoms with E-state index in [1.165, 1.54) is 51.7 Å². The number of anilines is 1. The third-order valence-corrected chi connectivity index (χ3v) is 8.97. The van der Waals surface area contributed by atoms with Gasteiger partial charge in [0.25, 0.3) is 0 Å². The molecule has 2 N–H and O–H groups in total. The molecule has 4 aliphatic rings. The average Bonchev–Trinajstić information content (AvgIpc) is 3.34. The van der Waals surface area contributed by atoms with Gasteiger partial charge < -0.3 is 20.4 Å². The molecule has 4 heterocycles. The third kappa shape index (κ3) is 6.45. The van der Waals surface area contributed by atoms with Crippen molar-refractivity contribution in [1.29, 1.82) is 0 Å². The number of hydrogen-bond acceptors (Lipinski definition) is 7. The number of likely N-dealkylation sites (N-methyl/N-ethyl adjacent to an activating group) is 1. The van der Waals surface area contributed by atoms with Crippen LogP contribution < -0.4 is 15.5 Å². The lowest BCUT2D eigenvalue weighted by atomic mass is 9.84. The molecule has 37 heavy (non-hydrogen) atoms. The van der Waals surface area contributed by atoms with E-state index < -0.39 is 0 Å². The molecule has 1 aromatic rings. The fraction of sp³-hybridized carbons (Fsp3) is 0.759. The quantitative estimate of drug-likeness (QED) is 0.570. The standard InChI is InChI=1S/C29H45N7O/c1-3-24-20-28(36-25-8-5-4-7-23(25)19-26(36)29(37)30-2)33-27(32-24)9-6-14-34-15-10-22(11-16-34)21-35-17-12-31-13-18-35/h20,22-23,25-26,31H,3-5,7-8,10-19,21H2,1-2H3,(H,30,37). The minimum Gasteiger partial charge on any atom is -0.357 e. The summed E-state index contributed by atoms with van der Waals surface area (Å²) < 4.78 is 0. The molecule has 202 valence electrons. The van der Waals surface area contributed by atoms with Gasteiger partial charge in [0.1, 0.15) is 11.9 Å². The highest BCUT2D eigenvalue weighted by molar-refractivity contribution is 5.85. The molecule has 3 aliphatic heterocycles. The first-order valence-electron chi connectivity index (χ1n) is 14.7. The molecule has 4 fully saturated rings. The molecule has 1 saturated carbocycles. The van der Waals surface area contributed by atoms with Gasteiger partial charge in [-0.15, -0.1) is 0 Å². The number of aromatic nitrogens is 2. The number of likely N-dealkylation sites (tertiary alicyclic amines) is 1. The van der Waals surface area contributed by atoms with Crippen LogP contribution in [0.25, 0.3) is 0 Å². The Labute approximate surface area is 223 Å². The van der Waals surface area contributed by atoms with Gasteiger partial charge in [0.05, 0.1) is 6.54 Å². The number of carbonyl (C=O) groups excluding carboxylic acids is 1. The van der Waals surface area contributed by atoms with Crippen LogP contribution in [0.4, 0.5) is 5.82 Å². The highest BCUT2D eigenvalue weighted by Gasteiger charge is 2.45. The van der Waals surface area contributed by atoms with Gasteiger partial charge in [-0.2, -0.15) is 0 Å². The lowest BCUT2D eigenvalue weighted by Gasteiger charge is -2.35. The van der Waals surface area contributed by atoms with Crippen molar-refractivity contribution in [2.45, 2.75) is 70.4 Å². The number of fused-ring (bicyclic) bond motifs is 1. The summed E-state index contributed by atoms with van der Waals surface area (Å²) in [7, 11) is 1.74. The molecule has 5 rings (SSSR count). The molecule has 0 bridgehead atoms. The monoisotopic (exact) mass is 507 g/mol. The Kier molecular flexibility index (Phi) is 8.96. The number of carbonyl (C=O) groups is 1. The molecule has 3 unspecified atom stereocenters. The SMILES string of the molecule is CCc1cc(N2C(C(=O)NC)CC3CCCCC32)nc(C#CCN2CCC(CN3CCNCC3)CC2)n1. The number of hydrogen-bond donors (Lipinski definition) is 2. The Bertz CT molecular complexity index is 974. The first-order chi connectivity index (χ1) is 18.1. The summed E-state index contributed by atoms with van der Waals surface area (Å²) in [5.41, 5.74) is 0.998. The minimum atomic E-state index is -0.152. The number of rotatable bonds is 6. The van der Waals surface area contributed by atoms with E-state index in [0.717, 1.165) is 69.4 Å². The smallest absolute Gasteiger partial charge is 0.242 e. The van der Waals surface area contributed by atoms with Crippen molar-refractivity contribution in [3.05, 3.63) is 17.6 Å². The predicted octanol–water partition coefficient (Wildman–Crippen LogP) is 1.89. The highest BCUT2D eigenvalue weighted by atomic mass is 16.2. The van der Waals surface area contributed by atoms with Gasteiger partial charge >= 0.3 is 0 Å². The maximum atomic E-state index is 12.8. The lowest BCUT2D eigenvalue weighted by Crippen LogP contribution is -2.46. The molecule has 1 aromatic heterocycles. The van der Waals surface area contributed by atoms with Crippen molar-refractivity contribution < 1.29 is 4.79 Å². The van der Waals surface area contributed by atoms with Gasteiger partial charge in [-0.05, 0) is 69.4 Å². The van der Waals surface area contributed by atoms with Crippen LogP contribution in [0, 0.1) is 23.7 Å². The summed E-state index contributed by atoms with van der Waals surface area (Å²) in [6, 6.07) is 2.32. The second-order valence-electron chi connectivity index (χ2n) is 11.4. The number of aryl methyl sites for hydroxylation is 1. The summed E-state index contributed by atoms with van der Waals surface area (Å²) in [6.07, 6.45) is 9.10. The zero-order valence-electron chi connectivity index (χ0n) is 22.8. The van der Waals surface area contributed by atoms with E-state index in [1.54, 1.807) is 7.05 Å². The van der Waals surface area contributed by atoms with Gasteiger partial charge in [-0.25, -0.2) is 9.97 Å². The Morgan fingerprint density at radius 1 is 1.08 bits per heavy atom. The van der Waals surface area contributed by atoms with Crippen molar-refractivity contribution in [2.75, 3.05) is 64.3 Å². The lowest BCUT2D eigenvalue weighted by molar-refractivity contribution is -0.121. The topological polar surface area (TPSA) is 76.6 Å². The van der Waals surface area contributed by atoms with Crippen LogP contribution >= 0.6 is 0 Å². The largest absolute Gasteiger partial charge is 0.357 e. The van der Waals surface area contributed by atoms with E-state index in [-0.39, 0.29) is 11.9 Å². The van der Waals surface area contributed by atoms with Crippen LogP contribution in [-0.4, -0.2) is 97.2 Å². The van der Waals surface area contributed by atoms with Gasteiger partial charge in [-0.3, -0.25) is 9.69 Å². The molecule has 3 saturated heterocycles. The van der Waals surface area contributed by atoms with Crippen LogP contribution in [-0.2, 0) is 11.2 Å². The van der Waals surface area contributed by atoms with Crippen molar-refractivity contribution in [2.24, 2.45) is 11.8 Å². The molecular formula is C29H45N7O. The Hall–Kier alpha value is -2.21. The van der Waals surface area contributed by atoms with Gasteiger partial charge in [-0.1, -0.05) is 25.7 Å². The molecule has 0 radical (unpaired) electrons. The van der Waals surface area contributed by atoms with Crippen molar-refractivity contribution >= 4 is 11.7 Å².